The molecule has 0 fully saturated rings. The maximum absolute atomic E-state index is 12.2. The second-order valence-corrected chi connectivity index (χ2v) is 5.84. The van der Waals surface area contributed by atoms with E-state index in [0.29, 0.717) is 0 Å². The summed E-state index contributed by atoms with van der Waals surface area (Å²) in [5.74, 6) is -0.213. The lowest BCUT2D eigenvalue weighted by Crippen LogP contribution is -2.32. The number of aryl methyl sites for hydroxylation is 1. The van der Waals surface area contributed by atoms with Crippen LogP contribution in [0.25, 0.3) is 0 Å². The molecule has 0 aromatic heterocycles. The third-order valence-corrected chi connectivity index (χ3v) is 3.78. The van der Waals surface area contributed by atoms with Crippen molar-refractivity contribution >= 4 is 11.6 Å². The Morgan fingerprint density at radius 1 is 1.24 bits per heavy atom. The van der Waals surface area contributed by atoms with Gasteiger partial charge in [0, 0.05) is 6.07 Å². The first-order valence-electron chi connectivity index (χ1n) is 8.23. The molecule has 0 radical (unpaired) electrons. The molecule has 0 bridgehead atoms. The van der Waals surface area contributed by atoms with Crippen molar-refractivity contribution in [1.82, 2.24) is 5.32 Å². The summed E-state index contributed by atoms with van der Waals surface area (Å²) >= 11 is 0. The van der Waals surface area contributed by atoms with Crippen LogP contribution in [0.5, 0.6) is 5.75 Å². The number of hydrogen-bond acceptors (Lipinski definition) is 4. The number of benzene rings is 2. The summed E-state index contributed by atoms with van der Waals surface area (Å²) in [6.45, 7) is 3.55. The van der Waals surface area contributed by atoms with E-state index in [0.717, 1.165) is 24.0 Å². The highest BCUT2D eigenvalue weighted by Gasteiger charge is 2.18. The first-order valence-corrected chi connectivity index (χ1v) is 8.23. The number of amides is 1. The highest BCUT2D eigenvalue weighted by molar-refractivity contribution is 5.78. The van der Waals surface area contributed by atoms with Crippen LogP contribution in [0.15, 0.2) is 48.5 Å². The molecule has 2 aromatic carbocycles. The van der Waals surface area contributed by atoms with Crippen LogP contribution in [-0.2, 0) is 4.79 Å². The fourth-order valence-corrected chi connectivity index (χ4v) is 2.57. The van der Waals surface area contributed by atoms with Crippen LogP contribution < -0.4 is 10.1 Å². The second-order valence-electron chi connectivity index (χ2n) is 5.84. The molecule has 6 nitrogen and oxygen atoms in total. The normalized spacial score (nSPS) is 11.6. The molecule has 1 amide bonds. The number of ether oxygens (including phenoxy) is 1. The van der Waals surface area contributed by atoms with Crippen molar-refractivity contribution < 1.29 is 14.5 Å². The Balaban J connectivity index is 2.01. The van der Waals surface area contributed by atoms with Crippen LogP contribution in [-0.4, -0.2) is 17.4 Å². The molecule has 2 rings (SSSR count). The second kappa shape index (κ2) is 8.82. The molecule has 0 heterocycles. The highest BCUT2D eigenvalue weighted by Crippen LogP contribution is 2.27. The van der Waals surface area contributed by atoms with E-state index in [-0.39, 0.29) is 30.0 Å². The van der Waals surface area contributed by atoms with Gasteiger partial charge in [0.05, 0.1) is 11.0 Å². The molecule has 0 saturated carbocycles. The smallest absolute Gasteiger partial charge is 0.311 e. The summed E-state index contributed by atoms with van der Waals surface area (Å²) in [7, 11) is 0. The molecular weight excluding hydrogens is 320 g/mol. The largest absolute Gasteiger partial charge is 0.477 e. The van der Waals surface area contributed by atoms with Gasteiger partial charge in [0.25, 0.3) is 5.91 Å². The van der Waals surface area contributed by atoms with E-state index in [1.165, 1.54) is 12.1 Å². The molecule has 25 heavy (non-hydrogen) atoms. The minimum absolute atomic E-state index is 0.0949. The Kier molecular flexibility index (Phi) is 6.51. The predicted molar refractivity (Wildman–Crippen MR) is 95.6 cm³/mol. The summed E-state index contributed by atoms with van der Waals surface area (Å²) in [4.78, 5) is 22.8. The van der Waals surface area contributed by atoms with Crippen LogP contribution in [0.1, 0.15) is 36.9 Å². The van der Waals surface area contributed by atoms with Gasteiger partial charge in [-0.3, -0.25) is 14.9 Å². The van der Waals surface area contributed by atoms with Crippen molar-refractivity contribution in [2.45, 2.75) is 32.7 Å². The third kappa shape index (κ3) is 5.31. The van der Waals surface area contributed by atoms with E-state index < -0.39 is 4.92 Å². The maximum Gasteiger partial charge on any atom is 0.311 e. The van der Waals surface area contributed by atoms with Crippen molar-refractivity contribution in [1.29, 1.82) is 0 Å². The van der Waals surface area contributed by atoms with Crippen LogP contribution in [0, 0.1) is 17.0 Å². The quantitative estimate of drug-likeness (QED) is 0.582. The number of carbonyl (C=O) groups excluding carboxylic acids is 1. The van der Waals surface area contributed by atoms with Crippen molar-refractivity contribution in [3.05, 3.63) is 69.8 Å². The average Bonchev–Trinajstić information content (AvgIpc) is 2.61. The minimum Gasteiger partial charge on any atom is -0.477 e. The SMILES string of the molecule is CCC[C@@H](NC(=O)COc1ccc(C)cc1[N+](=O)[O-])c1ccccc1. The first-order chi connectivity index (χ1) is 12.0. The predicted octanol–water partition coefficient (Wildman–Crippen LogP) is 3.94. The number of hydrogen-bond donors (Lipinski definition) is 1. The molecule has 0 spiro atoms. The van der Waals surface area contributed by atoms with Crippen molar-refractivity contribution in [2.75, 3.05) is 6.61 Å². The van der Waals surface area contributed by atoms with E-state index >= 15 is 0 Å². The first kappa shape index (κ1) is 18.4. The summed E-state index contributed by atoms with van der Waals surface area (Å²) < 4.78 is 5.38. The van der Waals surface area contributed by atoms with Gasteiger partial charge in [-0.15, -0.1) is 0 Å². The van der Waals surface area contributed by atoms with Crippen LogP contribution in [0.3, 0.4) is 0 Å². The van der Waals surface area contributed by atoms with Crippen molar-refractivity contribution in [3.8, 4) is 5.75 Å². The fraction of sp³-hybridized carbons (Fsp3) is 0.316. The Labute approximate surface area is 147 Å². The molecule has 2 aromatic rings. The minimum atomic E-state index is -0.510. The number of rotatable bonds is 8. The number of nitro benzene ring substituents is 1. The zero-order valence-corrected chi connectivity index (χ0v) is 14.4. The van der Waals surface area contributed by atoms with Crippen molar-refractivity contribution in [3.63, 3.8) is 0 Å². The van der Waals surface area contributed by atoms with Gasteiger partial charge in [-0.1, -0.05) is 49.7 Å². The molecular formula is C19H22N2O4. The van der Waals surface area contributed by atoms with Gasteiger partial charge in [0.2, 0.25) is 0 Å². The Bertz CT molecular complexity index is 731. The Morgan fingerprint density at radius 2 is 1.96 bits per heavy atom. The van der Waals surface area contributed by atoms with Gasteiger partial charge >= 0.3 is 5.69 Å². The number of carbonyl (C=O) groups is 1. The van der Waals surface area contributed by atoms with Gasteiger partial charge in [-0.05, 0) is 30.5 Å². The van der Waals surface area contributed by atoms with Gasteiger partial charge in [0.15, 0.2) is 12.4 Å². The molecule has 1 atom stereocenters. The van der Waals surface area contributed by atoms with Gasteiger partial charge < -0.3 is 10.1 Å². The lowest BCUT2D eigenvalue weighted by atomic mass is 10.0. The number of nitrogens with one attached hydrogen (secondary N) is 1. The van der Waals surface area contributed by atoms with E-state index in [4.69, 9.17) is 4.74 Å². The lowest BCUT2D eigenvalue weighted by Gasteiger charge is -2.18. The fourth-order valence-electron chi connectivity index (χ4n) is 2.57. The number of nitrogens with zero attached hydrogens (tertiary/aromatic N) is 1. The van der Waals surface area contributed by atoms with E-state index in [9.17, 15) is 14.9 Å². The van der Waals surface area contributed by atoms with Gasteiger partial charge in [0.1, 0.15) is 0 Å². The summed E-state index contributed by atoms with van der Waals surface area (Å²) in [5, 5.41) is 14.0. The standard InChI is InChI=1S/C19H22N2O4/c1-3-7-16(15-8-5-4-6-9-15)20-19(22)13-25-18-11-10-14(2)12-17(18)21(23)24/h4-6,8-12,16H,3,7,13H2,1-2H3,(H,20,22)/t16-/m1/s1. The molecule has 0 aliphatic rings. The van der Waals surface area contributed by atoms with E-state index in [1.54, 1.807) is 13.0 Å². The van der Waals surface area contributed by atoms with E-state index in [1.807, 2.05) is 37.3 Å². The molecule has 6 heteroatoms. The third-order valence-electron chi connectivity index (χ3n) is 3.78. The molecule has 132 valence electrons. The summed E-state index contributed by atoms with van der Waals surface area (Å²) in [6.07, 6.45) is 1.73. The molecule has 0 aliphatic heterocycles. The zero-order chi connectivity index (χ0) is 18.2. The summed E-state index contributed by atoms with van der Waals surface area (Å²) in [6, 6.07) is 14.3. The molecule has 1 N–H and O–H groups in total. The molecule has 0 aliphatic carbocycles. The van der Waals surface area contributed by atoms with Gasteiger partial charge in [-0.25, -0.2) is 0 Å². The highest BCUT2D eigenvalue weighted by atomic mass is 16.6. The van der Waals surface area contributed by atoms with Crippen LogP contribution in [0.4, 0.5) is 5.69 Å². The van der Waals surface area contributed by atoms with Crippen molar-refractivity contribution in [2.24, 2.45) is 0 Å². The Hall–Kier alpha value is -2.89. The maximum atomic E-state index is 12.2. The average molecular weight is 342 g/mol. The summed E-state index contributed by atoms with van der Waals surface area (Å²) in [5.41, 5.74) is 1.65. The zero-order valence-electron chi connectivity index (χ0n) is 14.4. The van der Waals surface area contributed by atoms with E-state index in [2.05, 4.69) is 5.32 Å². The monoisotopic (exact) mass is 342 g/mol. The molecule has 0 unspecified atom stereocenters. The van der Waals surface area contributed by atoms with Crippen LogP contribution >= 0.6 is 0 Å². The number of nitro groups is 1. The Morgan fingerprint density at radius 3 is 2.60 bits per heavy atom. The van der Waals surface area contributed by atoms with Crippen LogP contribution in [0.2, 0.25) is 0 Å². The van der Waals surface area contributed by atoms with Gasteiger partial charge in [-0.2, -0.15) is 0 Å². The topological polar surface area (TPSA) is 81.5 Å². The molecule has 0 saturated heterocycles. The lowest BCUT2D eigenvalue weighted by molar-refractivity contribution is -0.385.